The van der Waals surface area contributed by atoms with Crippen LogP contribution in [-0.4, -0.2) is 35.5 Å². The van der Waals surface area contributed by atoms with Gasteiger partial charge in [0.25, 0.3) is 5.91 Å². The molecule has 1 rings (SSSR count). The Morgan fingerprint density at radius 1 is 1.42 bits per heavy atom. The second kappa shape index (κ2) is 7.52. The Labute approximate surface area is 114 Å². The van der Waals surface area contributed by atoms with Gasteiger partial charge in [0.05, 0.1) is 4.88 Å². The summed E-state index contributed by atoms with van der Waals surface area (Å²) >= 11 is 1.35. The van der Waals surface area contributed by atoms with Crippen LogP contribution in [0.5, 0.6) is 0 Å². The predicted molar refractivity (Wildman–Crippen MR) is 71.1 cm³/mol. The minimum atomic E-state index is -1.07. The van der Waals surface area contributed by atoms with E-state index < -0.39 is 12.0 Å². The van der Waals surface area contributed by atoms with Crippen molar-refractivity contribution in [1.29, 1.82) is 0 Å². The molecule has 6 nitrogen and oxygen atoms in total. The van der Waals surface area contributed by atoms with Crippen LogP contribution in [0.15, 0.2) is 17.5 Å². The molecule has 0 unspecified atom stereocenters. The van der Waals surface area contributed by atoms with E-state index in [-0.39, 0.29) is 18.2 Å². The van der Waals surface area contributed by atoms with Crippen molar-refractivity contribution >= 4 is 29.1 Å². The minimum Gasteiger partial charge on any atom is -0.480 e. The van der Waals surface area contributed by atoms with Crippen LogP contribution in [0, 0.1) is 0 Å². The fourth-order valence-electron chi connectivity index (χ4n) is 1.32. The number of carbonyl (C=O) groups excluding carboxylic acids is 2. The molecule has 1 atom stereocenters. The molecule has 19 heavy (non-hydrogen) atoms. The van der Waals surface area contributed by atoms with Crippen molar-refractivity contribution in [3.63, 3.8) is 0 Å². The van der Waals surface area contributed by atoms with Crippen molar-refractivity contribution < 1.29 is 19.5 Å². The van der Waals surface area contributed by atoms with Gasteiger partial charge in [-0.05, 0) is 24.8 Å². The number of hydrogen-bond acceptors (Lipinski definition) is 4. The monoisotopic (exact) mass is 284 g/mol. The quantitative estimate of drug-likeness (QED) is 0.647. The van der Waals surface area contributed by atoms with Crippen LogP contribution in [0.4, 0.5) is 0 Å². The van der Waals surface area contributed by atoms with Crippen LogP contribution >= 0.6 is 11.3 Å². The second-order valence-corrected chi connectivity index (χ2v) is 4.91. The van der Waals surface area contributed by atoms with Gasteiger partial charge in [-0.3, -0.25) is 14.4 Å². The predicted octanol–water partition coefficient (Wildman–Crippen LogP) is 0.847. The number of amides is 2. The van der Waals surface area contributed by atoms with E-state index in [9.17, 15) is 14.4 Å². The molecular weight excluding hydrogens is 268 g/mol. The summed E-state index contributed by atoms with van der Waals surface area (Å²) in [5.41, 5.74) is 0. The van der Waals surface area contributed by atoms with Gasteiger partial charge in [-0.2, -0.15) is 0 Å². The van der Waals surface area contributed by atoms with Crippen LogP contribution in [0.3, 0.4) is 0 Å². The van der Waals surface area contributed by atoms with Crippen LogP contribution in [0.2, 0.25) is 0 Å². The van der Waals surface area contributed by atoms with E-state index in [2.05, 4.69) is 10.6 Å². The summed E-state index contributed by atoms with van der Waals surface area (Å²) in [7, 11) is 0. The molecule has 0 radical (unpaired) electrons. The molecule has 0 aliphatic heterocycles. The molecule has 7 heteroatoms. The molecular formula is C12H16N2O4S. The van der Waals surface area contributed by atoms with Crippen LogP contribution in [-0.2, 0) is 9.59 Å². The smallest absolute Gasteiger partial charge is 0.325 e. The van der Waals surface area contributed by atoms with Crippen molar-refractivity contribution in [2.24, 2.45) is 0 Å². The molecule has 0 aliphatic rings. The van der Waals surface area contributed by atoms with Crippen molar-refractivity contribution in [3.05, 3.63) is 22.4 Å². The molecule has 2 amide bonds. The summed E-state index contributed by atoms with van der Waals surface area (Å²) in [4.78, 5) is 34.0. The lowest BCUT2D eigenvalue weighted by Gasteiger charge is -2.09. The Morgan fingerprint density at radius 3 is 2.74 bits per heavy atom. The van der Waals surface area contributed by atoms with E-state index in [1.54, 1.807) is 12.1 Å². The van der Waals surface area contributed by atoms with Crippen LogP contribution < -0.4 is 10.6 Å². The topological polar surface area (TPSA) is 95.5 Å². The maximum Gasteiger partial charge on any atom is 0.325 e. The fourth-order valence-corrected chi connectivity index (χ4v) is 1.96. The van der Waals surface area contributed by atoms with Crippen LogP contribution in [0.1, 0.15) is 29.4 Å². The van der Waals surface area contributed by atoms with Crippen molar-refractivity contribution in [2.45, 2.75) is 25.8 Å². The van der Waals surface area contributed by atoms with Gasteiger partial charge < -0.3 is 15.7 Å². The van der Waals surface area contributed by atoms with Crippen molar-refractivity contribution in [1.82, 2.24) is 10.6 Å². The molecule has 0 fully saturated rings. The molecule has 0 saturated heterocycles. The summed E-state index contributed by atoms with van der Waals surface area (Å²) in [6.45, 7) is 1.78. The van der Waals surface area contributed by atoms with Gasteiger partial charge in [0.1, 0.15) is 6.04 Å². The molecule has 104 valence electrons. The fraction of sp³-hybridized carbons (Fsp3) is 0.417. The highest BCUT2D eigenvalue weighted by Gasteiger charge is 2.13. The lowest BCUT2D eigenvalue weighted by atomic mass is 10.2. The van der Waals surface area contributed by atoms with Gasteiger partial charge in [0, 0.05) is 13.0 Å². The van der Waals surface area contributed by atoms with E-state index in [1.165, 1.54) is 18.3 Å². The molecule has 0 aliphatic carbocycles. The summed E-state index contributed by atoms with van der Waals surface area (Å²) in [5.74, 6) is -1.56. The number of hydrogen-bond donors (Lipinski definition) is 3. The Balaban J connectivity index is 2.15. The van der Waals surface area contributed by atoms with E-state index in [0.717, 1.165) is 0 Å². The zero-order chi connectivity index (χ0) is 14.3. The molecule has 0 aromatic carbocycles. The maximum absolute atomic E-state index is 11.5. The standard InChI is InChI=1S/C12H16N2O4S/c1-8(12(17)18)14-10(15)5-2-6-13-11(16)9-4-3-7-19-9/h3-4,7-8H,2,5-6H2,1H3,(H,13,16)(H,14,15)(H,17,18)/t8-/m1/s1. The Kier molecular flexibility index (Phi) is 6.01. The first kappa shape index (κ1) is 15.2. The van der Waals surface area contributed by atoms with Gasteiger partial charge >= 0.3 is 5.97 Å². The Hall–Kier alpha value is -1.89. The Morgan fingerprint density at radius 2 is 2.16 bits per heavy atom. The highest BCUT2D eigenvalue weighted by Crippen LogP contribution is 2.07. The average Bonchev–Trinajstić information content (AvgIpc) is 2.88. The van der Waals surface area contributed by atoms with Crippen LogP contribution in [0.25, 0.3) is 0 Å². The normalized spacial score (nSPS) is 11.6. The number of nitrogens with one attached hydrogen (secondary N) is 2. The average molecular weight is 284 g/mol. The lowest BCUT2D eigenvalue weighted by Crippen LogP contribution is -2.38. The van der Waals surface area contributed by atoms with E-state index in [0.29, 0.717) is 17.8 Å². The summed E-state index contributed by atoms with van der Waals surface area (Å²) in [6.07, 6.45) is 0.650. The van der Waals surface area contributed by atoms with Gasteiger partial charge in [-0.15, -0.1) is 11.3 Å². The van der Waals surface area contributed by atoms with E-state index in [4.69, 9.17) is 5.11 Å². The number of aliphatic carboxylic acids is 1. The molecule has 3 N–H and O–H groups in total. The number of carboxylic acid groups (broad SMARTS) is 1. The van der Waals surface area contributed by atoms with E-state index in [1.807, 2.05) is 5.38 Å². The zero-order valence-electron chi connectivity index (χ0n) is 10.5. The molecule has 1 heterocycles. The molecule has 1 aromatic heterocycles. The summed E-state index contributed by atoms with van der Waals surface area (Å²) < 4.78 is 0. The summed E-state index contributed by atoms with van der Waals surface area (Å²) in [6, 6.07) is 2.62. The molecule has 1 aromatic rings. The maximum atomic E-state index is 11.5. The van der Waals surface area contributed by atoms with Crippen molar-refractivity contribution in [3.8, 4) is 0 Å². The number of rotatable bonds is 7. The second-order valence-electron chi connectivity index (χ2n) is 3.96. The third kappa shape index (κ3) is 5.52. The number of carboxylic acids is 1. The Bertz CT molecular complexity index is 445. The largest absolute Gasteiger partial charge is 0.480 e. The van der Waals surface area contributed by atoms with Gasteiger partial charge in [-0.1, -0.05) is 6.07 Å². The molecule has 0 bridgehead atoms. The molecule has 0 saturated carbocycles. The SMILES string of the molecule is C[C@@H](NC(=O)CCCNC(=O)c1cccs1)C(=O)O. The number of thiophene rings is 1. The molecule has 0 spiro atoms. The highest BCUT2D eigenvalue weighted by atomic mass is 32.1. The highest BCUT2D eigenvalue weighted by molar-refractivity contribution is 7.12. The zero-order valence-corrected chi connectivity index (χ0v) is 11.3. The van der Waals surface area contributed by atoms with Gasteiger partial charge in [0.15, 0.2) is 0 Å². The van der Waals surface area contributed by atoms with Gasteiger partial charge in [0.2, 0.25) is 5.91 Å². The summed E-state index contributed by atoms with van der Waals surface area (Å²) in [5, 5.41) is 15.5. The minimum absolute atomic E-state index is 0.158. The first-order valence-electron chi connectivity index (χ1n) is 5.84. The first-order chi connectivity index (χ1) is 9.00. The van der Waals surface area contributed by atoms with Gasteiger partial charge in [-0.25, -0.2) is 0 Å². The third-order valence-corrected chi connectivity index (χ3v) is 3.23. The third-order valence-electron chi connectivity index (χ3n) is 2.36. The lowest BCUT2D eigenvalue weighted by molar-refractivity contribution is -0.141. The van der Waals surface area contributed by atoms with Crippen molar-refractivity contribution in [2.75, 3.05) is 6.54 Å². The van der Waals surface area contributed by atoms with E-state index >= 15 is 0 Å². The number of carbonyl (C=O) groups is 3. The first-order valence-corrected chi connectivity index (χ1v) is 6.72.